The van der Waals surface area contributed by atoms with Crippen molar-refractivity contribution >= 4 is 5.91 Å². The van der Waals surface area contributed by atoms with Crippen molar-refractivity contribution in [1.82, 2.24) is 4.90 Å². The normalized spacial score (nSPS) is 13.4. The molecule has 22 heavy (non-hydrogen) atoms. The molecule has 0 aliphatic heterocycles. The number of carbonyl (C=O) groups excluding carboxylic acids is 1. The Kier molecular flexibility index (Phi) is 7.18. The number of carbonyl (C=O) groups is 1. The second-order valence-electron chi connectivity index (χ2n) is 5.61. The number of nitrogens with zero attached hydrogens (tertiary/aromatic N) is 1. The van der Waals surface area contributed by atoms with Crippen LogP contribution >= 0.6 is 0 Å². The smallest absolute Gasteiger partial charge is 0.239 e. The van der Waals surface area contributed by atoms with E-state index in [-0.39, 0.29) is 11.8 Å². The number of methoxy groups -OCH3 is 2. The monoisotopic (exact) mass is 308 g/mol. The molecule has 2 atom stereocenters. The predicted octanol–water partition coefficient (Wildman–Crippen LogP) is 2.08. The summed E-state index contributed by atoms with van der Waals surface area (Å²) in [5.41, 5.74) is 7.09. The molecular formula is C17H28N2O3. The van der Waals surface area contributed by atoms with Crippen molar-refractivity contribution in [2.24, 2.45) is 11.7 Å². The molecule has 1 aromatic carbocycles. The fourth-order valence-corrected chi connectivity index (χ4v) is 2.19. The summed E-state index contributed by atoms with van der Waals surface area (Å²) in [6.45, 7) is 4.67. The van der Waals surface area contributed by atoms with E-state index in [0.29, 0.717) is 18.0 Å². The van der Waals surface area contributed by atoms with E-state index in [1.165, 1.54) is 0 Å². The van der Waals surface area contributed by atoms with Crippen LogP contribution in [0, 0.1) is 5.92 Å². The highest BCUT2D eigenvalue weighted by atomic mass is 16.5. The molecule has 1 rings (SSSR count). The molecule has 0 fully saturated rings. The number of likely N-dealkylation sites (N-methyl/N-ethyl adjacent to an activating group) is 1. The third-order valence-corrected chi connectivity index (χ3v) is 4.10. The van der Waals surface area contributed by atoms with Gasteiger partial charge in [-0.15, -0.1) is 0 Å². The van der Waals surface area contributed by atoms with Gasteiger partial charge in [0.15, 0.2) is 11.5 Å². The molecule has 0 heterocycles. The summed E-state index contributed by atoms with van der Waals surface area (Å²) >= 11 is 0. The maximum Gasteiger partial charge on any atom is 0.239 e. The van der Waals surface area contributed by atoms with Crippen LogP contribution in [0.1, 0.15) is 25.8 Å². The molecule has 5 nitrogen and oxygen atoms in total. The standard InChI is InChI=1S/C17H28N2O3/c1-6-12(2)16(18)17(20)19(3)10-9-13-7-8-14(21-4)15(11-13)22-5/h7-8,11-12,16H,6,9-10,18H2,1-5H3/t12-,16-/m1/s1. The van der Waals surface area contributed by atoms with Crippen LogP contribution in [0.5, 0.6) is 11.5 Å². The molecule has 0 aliphatic rings. The number of hydrogen-bond acceptors (Lipinski definition) is 4. The van der Waals surface area contributed by atoms with Gasteiger partial charge in [0.25, 0.3) is 0 Å². The van der Waals surface area contributed by atoms with Gasteiger partial charge < -0.3 is 20.1 Å². The summed E-state index contributed by atoms with van der Waals surface area (Å²) in [7, 11) is 5.02. The molecule has 0 radical (unpaired) electrons. The van der Waals surface area contributed by atoms with E-state index in [1.54, 1.807) is 26.2 Å². The molecule has 1 amide bonds. The number of nitrogens with two attached hydrogens (primary N) is 1. The Morgan fingerprint density at radius 1 is 1.27 bits per heavy atom. The number of rotatable bonds is 8. The summed E-state index contributed by atoms with van der Waals surface area (Å²) in [5, 5.41) is 0. The zero-order valence-electron chi connectivity index (χ0n) is 14.3. The Bertz CT molecular complexity index is 491. The second kappa shape index (κ2) is 8.63. The summed E-state index contributed by atoms with van der Waals surface area (Å²) in [6, 6.07) is 5.36. The lowest BCUT2D eigenvalue weighted by molar-refractivity contribution is -0.132. The topological polar surface area (TPSA) is 64.8 Å². The van der Waals surface area contributed by atoms with Crippen molar-refractivity contribution in [2.45, 2.75) is 32.7 Å². The van der Waals surface area contributed by atoms with Crippen molar-refractivity contribution in [3.8, 4) is 11.5 Å². The molecule has 124 valence electrons. The first-order valence-corrected chi connectivity index (χ1v) is 7.66. The molecule has 0 aliphatic carbocycles. The van der Waals surface area contributed by atoms with Gasteiger partial charge in [-0.3, -0.25) is 4.79 Å². The molecule has 0 bridgehead atoms. The summed E-state index contributed by atoms with van der Waals surface area (Å²) in [5.74, 6) is 1.59. The molecule has 0 saturated carbocycles. The Morgan fingerprint density at radius 2 is 1.91 bits per heavy atom. The predicted molar refractivity (Wildman–Crippen MR) is 88.3 cm³/mol. The minimum Gasteiger partial charge on any atom is -0.493 e. The van der Waals surface area contributed by atoms with Crippen molar-refractivity contribution in [3.63, 3.8) is 0 Å². The van der Waals surface area contributed by atoms with Crippen LogP contribution in [0.3, 0.4) is 0 Å². The quantitative estimate of drug-likeness (QED) is 0.798. The number of amides is 1. The van der Waals surface area contributed by atoms with Gasteiger partial charge in [0, 0.05) is 13.6 Å². The van der Waals surface area contributed by atoms with E-state index in [9.17, 15) is 4.79 Å². The van der Waals surface area contributed by atoms with Gasteiger partial charge in [-0.1, -0.05) is 26.3 Å². The SMILES string of the molecule is CC[C@@H](C)[C@@H](N)C(=O)N(C)CCc1ccc(OC)c(OC)c1. The van der Waals surface area contributed by atoms with E-state index >= 15 is 0 Å². The Labute approximate surface area is 133 Å². The molecule has 5 heteroatoms. The van der Waals surface area contributed by atoms with Crippen molar-refractivity contribution in [2.75, 3.05) is 27.8 Å². The van der Waals surface area contributed by atoms with Crippen LogP contribution in [0.25, 0.3) is 0 Å². The first-order valence-electron chi connectivity index (χ1n) is 7.66. The van der Waals surface area contributed by atoms with Crippen LogP contribution in [0.2, 0.25) is 0 Å². The number of benzene rings is 1. The van der Waals surface area contributed by atoms with Crippen molar-refractivity contribution in [1.29, 1.82) is 0 Å². The highest BCUT2D eigenvalue weighted by Crippen LogP contribution is 2.27. The van der Waals surface area contributed by atoms with Crippen LogP contribution in [-0.2, 0) is 11.2 Å². The van der Waals surface area contributed by atoms with E-state index < -0.39 is 6.04 Å². The molecule has 0 spiro atoms. The maximum atomic E-state index is 12.2. The van der Waals surface area contributed by atoms with Crippen molar-refractivity contribution < 1.29 is 14.3 Å². The number of hydrogen-bond donors (Lipinski definition) is 1. The highest BCUT2D eigenvalue weighted by molar-refractivity contribution is 5.81. The molecular weight excluding hydrogens is 280 g/mol. The van der Waals surface area contributed by atoms with E-state index in [1.807, 2.05) is 32.0 Å². The minimum atomic E-state index is -0.430. The van der Waals surface area contributed by atoms with Gasteiger partial charge in [-0.25, -0.2) is 0 Å². The minimum absolute atomic E-state index is 0.00479. The van der Waals surface area contributed by atoms with Crippen LogP contribution in [-0.4, -0.2) is 44.7 Å². The lowest BCUT2D eigenvalue weighted by Gasteiger charge is -2.24. The third-order valence-electron chi connectivity index (χ3n) is 4.10. The molecule has 0 unspecified atom stereocenters. The number of ether oxygens (including phenoxy) is 2. The molecule has 0 aromatic heterocycles. The van der Waals surface area contributed by atoms with Crippen LogP contribution in [0.4, 0.5) is 0 Å². The van der Waals surface area contributed by atoms with Gasteiger partial charge in [0.05, 0.1) is 20.3 Å². The fourth-order valence-electron chi connectivity index (χ4n) is 2.19. The third kappa shape index (κ3) is 4.63. The van der Waals surface area contributed by atoms with Gasteiger partial charge >= 0.3 is 0 Å². The first-order chi connectivity index (χ1) is 10.4. The van der Waals surface area contributed by atoms with Crippen LogP contribution in [0.15, 0.2) is 18.2 Å². The molecule has 1 aromatic rings. The van der Waals surface area contributed by atoms with Gasteiger partial charge in [0.1, 0.15) is 0 Å². The lowest BCUT2D eigenvalue weighted by atomic mass is 9.99. The summed E-state index contributed by atoms with van der Waals surface area (Å²) in [6.07, 6.45) is 1.65. The first kappa shape index (κ1) is 18.3. The average Bonchev–Trinajstić information content (AvgIpc) is 2.56. The molecule has 2 N–H and O–H groups in total. The average molecular weight is 308 g/mol. The molecule has 0 saturated heterocycles. The summed E-state index contributed by atoms with van der Waals surface area (Å²) in [4.78, 5) is 13.9. The van der Waals surface area contributed by atoms with Crippen molar-refractivity contribution in [3.05, 3.63) is 23.8 Å². The van der Waals surface area contributed by atoms with Gasteiger partial charge in [-0.05, 0) is 30.0 Å². The van der Waals surface area contributed by atoms with E-state index in [4.69, 9.17) is 15.2 Å². The zero-order valence-corrected chi connectivity index (χ0v) is 14.3. The Hall–Kier alpha value is -1.75. The largest absolute Gasteiger partial charge is 0.493 e. The Morgan fingerprint density at radius 3 is 2.45 bits per heavy atom. The zero-order chi connectivity index (χ0) is 16.7. The van der Waals surface area contributed by atoms with Crippen LogP contribution < -0.4 is 15.2 Å². The summed E-state index contributed by atoms with van der Waals surface area (Å²) < 4.78 is 10.5. The fraction of sp³-hybridized carbons (Fsp3) is 0.588. The second-order valence-corrected chi connectivity index (χ2v) is 5.61. The lowest BCUT2D eigenvalue weighted by Crippen LogP contribution is -2.46. The maximum absolute atomic E-state index is 12.2. The van der Waals surface area contributed by atoms with Gasteiger partial charge in [0.2, 0.25) is 5.91 Å². The van der Waals surface area contributed by atoms with E-state index in [2.05, 4.69) is 0 Å². The highest BCUT2D eigenvalue weighted by Gasteiger charge is 2.22. The van der Waals surface area contributed by atoms with Gasteiger partial charge in [-0.2, -0.15) is 0 Å². The Balaban J connectivity index is 2.64. The van der Waals surface area contributed by atoms with E-state index in [0.717, 1.165) is 18.4 Å².